The third-order valence-electron chi connectivity index (χ3n) is 3.70. The van der Waals surface area contributed by atoms with Crippen LogP contribution in [-0.4, -0.2) is 48.0 Å². The van der Waals surface area contributed by atoms with Crippen molar-refractivity contribution in [1.29, 1.82) is 0 Å². The summed E-state index contributed by atoms with van der Waals surface area (Å²) in [5.41, 5.74) is 2.31. The molecule has 1 atom stereocenters. The molecule has 0 aliphatic heterocycles. The second-order valence-corrected chi connectivity index (χ2v) is 5.72. The first-order valence-corrected chi connectivity index (χ1v) is 7.52. The van der Waals surface area contributed by atoms with Crippen LogP contribution in [0.5, 0.6) is 0 Å². The topological polar surface area (TPSA) is 61.4 Å². The zero-order valence-electron chi connectivity index (χ0n) is 14.0. The van der Waals surface area contributed by atoms with Crippen LogP contribution in [0.25, 0.3) is 0 Å². The quantitative estimate of drug-likeness (QED) is 0.884. The lowest BCUT2D eigenvalue weighted by Crippen LogP contribution is -2.39. The van der Waals surface area contributed by atoms with Crippen molar-refractivity contribution in [1.82, 2.24) is 14.9 Å². The number of nitrogens with zero attached hydrogens (tertiary/aromatic N) is 4. The fourth-order valence-electron chi connectivity index (χ4n) is 2.14. The molecule has 0 spiro atoms. The number of carbonyl (C=O) groups excluding carboxylic acids is 1. The summed E-state index contributed by atoms with van der Waals surface area (Å²) in [5.74, 6) is 0.204. The zero-order valence-corrected chi connectivity index (χ0v) is 14.0. The van der Waals surface area contributed by atoms with Crippen molar-refractivity contribution < 1.29 is 4.79 Å². The summed E-state index contributed by atoms with van der Waals surface area (Å²) < 4.78 is 0. The van der Waals surface area contributed by atoms with Crippen LogP contribution in [-0.2, 0) is 11.3 Å². The highest BCUT2D eigenvalue weighted by Gasteiger charge is 2.19. The maximum absolute atomic E-state index is 12.3. The number of hydrogen-bond acceptors (Lipinski definition) is 5. The van der Waals surface area contributed by atoms with Crippen molar-refractivity contribution in [3.63, 3.8) is 0 Å². The molecule has 6 nitrogen and oxygen atoms in total. The van der Waals surface area contributed by atoms with Gasteiger partial charge in [0.25, 0.3) is 0 Å². The van der Waals surface area contributed by atoms with E-state index in [1.54, 1.807) is 18.5 Å². The number of benzene rings is 1. The molecular weight excluding hydrogens is 290 g/mol. The second kappa shape index (κ2) is 7.69. The second-order valence-electron chi connectivity index (χ2n) is 5.72. The highest BCUT2D eigenvalue weighted by molar-refractivity contribution is 5.92. The summed E-state index contributed by atoms with van der Waals surface area (Å²) in [6, 6.07) is 9.70. The van der Waals surface area contributed by atoms with E-state index >= 15 is 0 Å². The molecule has 6 heteroatoms. The van der Waals surface area contributed by atoms with Gasteiger partial charge in [-0.2, -0.15) is 0 Å². The summed E-state index contributed by atoms with van der Waals surface area (Å²) >= 11 is 0. The molecule has 0 bridgehead atoms. The molecule has 0 saturated carbocycles. The minimum atomic E-state index is -0.290. The molecule has 0 aliphatic carbocycles. The molecule has 2 aromatic rings. The summed E-state index contributed by atoms with van der Waals surface area (Å²) in [7, 11) is 5.95. The van der Waals surface area contributed by atoms with E-state index in [0.717, 1.165) is 11.3 Å². The van der Waals surface area contributed by atoms with E-state index in [9.17, 15) is 4.79 Å². The smallest absolute Gasteiger partial charge is 0.243 e. The van der Waals surface area contributed by atoms with Crippen molar-refractivity contribution in [2.75, 3.05) is 31.4 Å². The Morgan fingerprint density at radius 2 is 1.87 bits per heavy atom. The van der Waals surface area contributed by atoms with Crippen LogP contribution in [0.3, 0.4) is 0 Å². The van der Waals surface area contributed by atoms with Gasteiger partial charge in [-0.1, -0.05) is 12.1 Å². The molecule has 1 aromatic carbocycles. The fraction of sp³-hybridized carbons (Fsp3) is 0.353. The third-order valence-corrected chi connectivity index (χ3v) is 3.70. The lowest BCUT2D eigenvalue weighted by atomic mass is 10.1. The summed E-state index contributed by atoms with van der Waals surface area (Å²) in [5, 5.41) is 2.73. The number of rotatable bonds is 6. The molecule has 1 aromatic heterocycles. The molecule has 2 rings (SSSR count). The van der Waals surface area contributed by atoms with E-state index in [1.807, 2.05) is 39.0 Å². The molecule has 0 fully saturated rings. The number of amides is 1. The van der Waals surface area contributed by atoms with E-state index in [4.69, 9.17) is 0 Å². The van der Waals surface area contributed by atoms with Crippen LogP contribution in [0.4, 0.5) is 11.6 Å². The fourth-order valence-corrected chi connectivity index (χ4v) is 2.14. The van der Waals surface area contributed by atoms with Gasteiger partial charge >= 0.3 is 0 Å². The number of likely N-dealkylation sites (N-methyl/N-ethyl adjacent to an activating group) is 1. The highest BCUT2D eigenvalue weighted by atomic mass is 16.2. The number of carbonyl (C=O) groups is 1. The first-order chi connectivity index (χ1) is 11.0. The SMILES string of the molecule is C[C@H](C(=O)Nc1ncccn1)N(C)Cc1cccc(N(C)C)c1. The van der Waals surface area contributed by atoms with Gasteiger partial charge in [-0.05, 0) is 37.7 Å². The van der Waals surface area contributed by atoms with E-state index in [-0.39, 0.29) is 11.9 Å². The molecule has 1 heterocycles. The third kappa shape index (κ3) is 4.75. The average molecular weight is 313 g/mol. The van der Waals surface area contributed by atoms with Crippen molar-refractivity contribution in [2.24, 2.45) is 0 Å². The molecule has 0 aliphatic rings. The maximum atomic E-state index is 12.3. The van der Waals surface area contributed by atoms with Gasteiger partial charge in [0.15, 0.2) is 0 Å². The first-order valence-electron chi connectivity index (χ1n) is 7.52. The molecular formula is C17H23N5O. The Morgan fingerprint density at radius 1 is 1.17 bits per heavy atom. The molecule has 23 heavy (non-hydrogen) atoms. The van der Waals surface area contributed by atoms with Crippen LogP contribution < -0.4 is 10.2 Å². The van der Waals surface area contributed by atoms with Gasteiger partial charge in [0.05, 0.1) is 6.04 Å². The van der Waals surface area contributed by atoms with Crippen LogP contribution in [0.15, 0.2) is 42.7 Å². The summed E-state index contributed by atoms with van der Waals surface area (Å²) in [4.78, 5) is 24.3. The van der Waals surface area contributed by atoms with E-state index < -0.39 is 0 Å². The van der Waals surface area contributed by atoms with Gasteiger partial charge in [0.2, 0.25) is 11.9 Å². The van der Waals surface area contributed by atoms with E-state index in [0.29, 0.717) is 12.5 Å². The highest BCUT2D eigenvalue weighted by Crippen LogP contribution is 2.15. The van der Waals surface area contributed by atoms with E-state index in [1.165, 1.54) is 0 Å². The lowest BCUT2D eigenvalue weighted by molar-refractivity contribution is -0.120. The maximum Gasteiger partial charge on any atom is 0.243 e. The Hall–Kier alpha value is -2.47. The largest absolute Gasteiger partial charge is 0.378 e. The van der Waals surface area contributed by atoms with Gasteiger partial charge in [-0.15, -0.1) is 0 Å². The molecule has 1 N–H and O–H groups in total. The van der Waals surface area contributed by atoms with Crippen molar-refractivity contribution in [2.45, 2.75) is 19.5 Å². The predicted octanol–water partition coefficient (Wildman–Crippen LogP) is 2.00. The Balaban J connectivity index is 1.98. The molecule has 0 saturated heterocycles. The monoisotopic (exact) mass is 313 g/mol. The number of anilines is 2. The molecule has 1 amide bonds. The average Bonchev–Trinajstić information content (AvgIpc) is 2.55. The van der Waals surface area contributed by atoms with Crippen molar-refractivity contribution in [3.05, 3.63) is 48.3 Å². The lowest BCUT2D eigenvalue weighted by Gasteiger charge is -2.24. The molecule has 122 valence electrons. The minimum absolute atomic E-state index is 0.123. The Kier molecular flexibility index (Phi) is 5.65. The van der Waals surface area contributed by atoms with Gasteiger partial charge in [0.1, 0.15) is 0 Å². The van der Waals surface area contributed by atoms with E-state index in [2.05, 4.69) is 38.4 Å². The van der Waals surface area contributed by atoms with Crippen LogP contribution in [0, 0.1) is 0 Å². The van der Waals surface area contributed by atoms with Crippen molar-refractivity contribution in [3.8, 4) is 0 Å². The van der Waals surface area contributed by atoms with Gasteiger partial charge < -0.3 is 4.90 Å². The number of nitrogens with one attached hydrogen (secondary N) is 1. The van der Waals surface area contributed by atoms with Gasteiger partial charge in [-0.3, -0.25) is 15.0 Å². The molecule has 0 radical (unpaired) electrons. The first kappa shape index (κ1) is 16.9. The minimum Gasteiger partial charge on any atom is -0.378 e. The molecule has 0 unspecified atom stereocenters. The van der Waals surface area contributed by atoms with Crippen LogP contribution >= 0.6 is 0 Å². The number of aromatic nitrogens is 2. The standard InChI is InChI=1S/C17H23N5O/c1-13(16(23)20-17-18-9-6-10-19-17)22(4)12-14-7-5-8-15(11-14)21(2)3/h5-11,13H,12H2,1-4H3,(H,18,19,20,23)/t13-/m1/s1. The number of hydrogen-bond donors (Lipinski definition) is 1. The Labute approximate surface area is 137 Å². The predicted molar refractivity (Wildman–Crippen MR) is 92.4 cm³/mol. The van der Waals surface area contributed by atoms with Gasteiger partial charge in [-0.25, -0.2) is 9.97 Å². The van der Waals surface area contributed by atoms with Crippen LogP contribution in [0.2, 0.25) is 0 Å². The zero-order chi connectivity index (χ0) is 16.8. The van der Waals surface area contributed by atoms with Gasteiger partial charge in [0, 0.05) is 38.7 Å². The Morgan fingerprint density at radius 3 is 2.52 bits per heavy atom. The normalized spacial score (nSPS) is 12.0. The van der Waals surface area contributed by atoms with Crippen LogP contribution in [0.1, 0.15) is 12.5 Å². The summed E-state index contributed by atoms with van der Waals surface area (Å²) in [6.45, 7) is 2.56. The summed E-state index contributed by atoms with van der Waals surface area (Å²) in [6.07, 6.45) is 3.20. The van der Waals surface area contributed by atoms with Crippen molar-refractivity contribution >= 4 is 17.5 Å². The Bertz CT molecular complexity index is 644.